The van der Waals surface area contributed by atoms with Crippen molar-refractivity contribution in [3.05, 3.63) is 83.9 Å². The van der Waals surface area contributed by atoms with Crippen LogP contribution in [0.25, 0.3) is 0 Å². The molecule has 3 rings (SSSR count). The van der Waals surface area contributed by atoms with E-state index in [4.69, 9.17) is 14.2 Å². The first-order valence-electron chi connectivity index (χ1n) is 10.6. The number of nitrogens with zero attached hydrogens (tertiary/aromatic N) is 1. The van der Waals surface area contributed by atoms with Crippen molar-refractivity contribution in [3.63, 3.8) is 0 Å². The topological polar surface area (TPSA) is 77.1 Å². The number of anilines is 1. The largest absolute Gasteiger partial charge is 0.497 e. The number of carbonyl (C=O) groups is 2. The summed E-state index contributed by atoms with van der Waals surface area (Å²) >= 11 is 0. The third-order valence-corrected chi connectivity index (χ3v) is 5.15. The van der Waals surface area contributed by atoms with E-state index in [0.29, 0.717) is 47.9 Å². The van der Waals surface area contributed by atoms with Crippen LogP contribution in [0, 0.1) is 0 Å². The minimum absolute atomic E-state index is 0.119. The number of rotatable bonds is 10. The highest BCUT2D eigenvalue weighted by molar-refractivity contribution is 6.06. The van der Waals surface area contributed by atoms with E-state index in [-0.39, 0.29) is 11.8 Å². The molecule has 0 aromatic heterocycles. The zero-order valence-electron chi connectivity index (χ0n) is 19.0. The van der Waals surface area contributed by atoms with E-state index in [1.807, 2.05) is 30.3 Å². The molecule has 0 saturated heterocycles. The van der Waals surface area contributed by atoms with Crippen LogP contribution >= 0.6 is 0 Å². The number of nitrogens with one attached hydrogen (secondary N) is 1. The normalized spacial score (nSPS) is 10.3. The van der Waals surface area contributed by atoms with Crippen molar-refractivity contribution in [1.29, 1.82) is 0 Å². The first kappa shape index (κ1) is 23.7. The zero-order chi connectivity index (χ0) is 23.6. The summed E-state index contributed by atoms with van der Waals surface area (Å²) in [5, 5.41) is 2.90. The number of benzene rings is 3. The second kappa shape index (κ2) is 11.6. The molecule has 3 aromatic carbocycles. The van der Waals surface area contributed by atoms with Crippen molar-refractivity contribution in [1.82, 2.24) is 5.32 Å². The second-order valence-electron chi connectivity index (χ2n) is 7.20. The van der Waals surface area contributed by atoms with E-state index < -0.39 is 0 Å². The van der Waals surface area contributed by atoms with E-state index in [1.165, 1.54) is 7.11 Å². The van der Waals surface area contributed by atoms with Crippen molar-refractivity contribution in [2.45, 2.75) is 6.42 Å². The average molecular weight is 449 g/mol. The lowest BCUT2D eigenvalue weighted by atomic mass is 10.1. The van der Waals surface area contributed by atoms with Gasteiger partial charge in [0.2, 0.25) is 0 Å². The molecule has 0 saturated carbocycles. The molecule has 0 radical (unpaired) electrons. The molecule has 0 aliphatic carbocycles. The number of amides is 2. The van der Waals surface area contributed by atoms with Crippen LogP contribution in [-0.2, 0) is 0 Å². The molecular weight excluding hydrogens is 420 g/mol. The van der Waals surface area contributed by atoms with Gasteiger partial charge in [0, 0.05) is 30.4 Å². The number of hydrogen-bond acceptors (Lipinski definition) is 5. The highest BCUT2D eigenvalue weighted by Crippen LogP contribution is 2.24. The van der Waals surface area contributed by atoms with E-state index in [2.05, 4.69) is 5.32 Å². The molecule has 1 N–H and O–H groups in total. The highest BCUT2D eigenvalue weighted by Gasteiger charge is 2.18. The maximum Gasteiger partial charge on any atom is 0.258 e. The summed E-state index contributed by atoms with van der Waals surface area (Å²) in [6, 6.07) is 21.5. The second-order valence-corrected chi connectivity index (χ2v) is 7.20. The third-order valence-electron chi connectivity index (χ3n) is 5.15. The lowest BCUT2D eigenvalue weighted by Crippen LogP contribution is -2.34. The Morgan fingerprint density at radius 1 is 0.818 bits per heavy atom. The molecule has 0 bridgehead atoms. The smallest absolute Gasteiger partial charge is 0.258 e. The molecule has 0 aliphatic rings. The Hall–Kier alpha value is -4.00. The molecule has 3 aromatic rings. The van der Waals surface area contributed by atoms with Crippen molar-refractivity contribution < 1.29 is 23.8 Å². The Kier molecular flexibility index (Phi) is 8.30. The Morgan fingerprint density at radius 3 is 2.12 bits per heavy atom. The Bertz CT molecular complexity index is 1070. The summed E-state index contributed by atoms with van der Waals surface area (Å²) in [6.45, 7) is 0.835. The number of hydrogen-bond donors (Lipinski definition) is 1. The lowest BCUT2D eigenvalue weighted by molar-refractivity contribution is 0.0950. The van der Waals surface area contributed by atoms with Gasteiger partial charge in [0.05, 0.1) is 26.9 Å². The number of methoxy groups -OCH3 is 3. The van der Waals surface area contributed by atoms with Crippen LogP contribution in [-0.4, -0.2) is 46.2 Å². The van der Waals surface area contributed by atoms with E-state index in [9.17, 15) is 9.59 Å². The fraction of sp³-hybridized carbons (Fsp3) is 0.231. The van der Waals surface area contributed by atoms with E-state index in [0.717, 1.165) is 5.69 Å². The molecule has 7 heteroatoms. The molecule has 0 fully saturated rings. The molecule has 0 unspecified atom stereocenters. The van der Waals surface area contributed by atoms with Gasteiger partial charge in [-0.05, 0) is 55.0 Å². The van der Waals surface area contributed by atoms with E-state index >= 15 is 0 Å². The standard InChI is InChI=1S/C26H28N2O5/c1-31-21-12-10-19(11-13-21)26(30)28(20-8-5-4-6-9-20)17-7-16-27-25(29)23-15-14-22(32-2)18-24(23)33-3/h4-6,8-15,18H,7,16-17H2,1-3H3,(H,27,29). The van der Waals surface area contributed by atoms with Crippen molar-refractivity contribution in [2.75, 3.05) is 39.3 Å². The molecule has 0 aliphatic heterocycles. The summed E-state index contributed by atoms with van der Waals surface area (Å²) < 4.78 is 15.7. The predicted molar refractivity (Wildman–Crippen MR) is 128 cm³/mol. The Morgan fingerprint density at radius 2 is 1.48 bits per heavy atom. The van der Waals surface area contributed by atoms with Crippen LogP contribution in [0.3, 0.4) is 0 Å². The molecule has 2 amide bonds. The first-order valence-corrected chi connectivity index (χ1v) is 10.6. The summed E-state index contributed by atoms with van der Waals surface area (Å²) in [4.78, 5) is 27.5. The summed E-state index contributed by atoms with van der Waals surface area (Å²) in [6.07, 6.45) is 0.570. The number of carbonyl (C=O) groups excluding carboxylic acids is 2. The molecule has 7 nitrogen and oxygen atoms in total. The van der Waals surface area contributed by atoms with E-state index in [1.54, 1.807) is 61.6 Å². The van der Waals surface area contributed by atoms with Crippen LogP contribution in [0.4, 0.5) is 5.69 Å². The van der Waals surface area contributed by atoms with Gasteiger partial charge in [-0.1, -0.05) is 18.2 Å². The van der Waals surface area contributed by atoms with Gasteiger partial charge in [-0.25, -0.2) is 0 Å². The van der Waals surface area contributed by atoms with Gasteiger partial charge in [0.25, 0.3) is 11.8 Å². The third kappa shape index (κ3) is 6.04. The van der Waals surface area contributed by atoms with Crippen molar-refractivity contribution >= 4 is 17.5 Å². The molecule has 172 valence electrons. The number of ether oxygens (including phenoxy) is 3. The van der Waals surface area contributed by atoms with Gasteiger partial charge in [0.1, 0.15) is 17.2 Å². The Balaban J connectivity index is 1.65. The molecular formula is C26H28N2O5. The fourth-order valence-electron chi connectivity index (χ4n) is 3.37. The van der Waals surface area contributed by atoms with Crippen LogP contribution in [0.1, 0.15) is 27.1 Å². The zero-order valence-corrected chi connectivity index (χ0v) is 19.0. The van der Waals surface area contributed by atoms with Crippen molar-refractivity contribution in [3.8, 4) is 17.2 Å². The maximum absolute atomic E-state index is 13.2. The minimum atomic E-state index is -0.248. The molecule has 0 spiro atoms. The molecule has 33 heavy (non-hydrogen) atoms. The van der Waals surface area contributed by atoms with Crippen molar-refractivity contribution in [2.24, 2.45) is 0 Å². The van der Waals surface area contributed by atoms with Gasteiger partial charge < -0.3 is 24.4 Å². The fourth-order valence-corrected chi connectivity index (χ4v) is 3.37. The summed E-state index contributed by atoms with van der Waals surface area (Å²) in [7, 11) is 4.65. The molecule has 0 heterocycles. The lowest BCUT2D eigenvalue weighted by Gasteiger charge is -2.23. The van der Waals surface area contributed by atoms with Gasteiger partial charge in [0.15, 0.2) is 0 Å². The number of para-hydroxylation sites is 1. The van der Waals surface area contributed by atoms with Crippen LogP contribution in [0.15, 0.2) is 72.8 Å². The van der Waals surface area contributed by atoms with Gasteiger partial charge in [-0.3, -0.25) is 9.59 Å². The monoisotopic (exact) mass is 448 g/mol. The van der Waals surface area contributed by atoms with Gasteiger partial charge in [-0.2, -0.15) is 0 Å². The van der Waals surface area contributed by atoms with Crippen LogP contribution < -0.4 is 24.4 Å². The molecule has 0 atom stereocenters. The average Bonchev–Trinajstić information content (AvgIpc) is 2.88. The predicted octanol–water partition coefficient (Wildman–Crippen LogP) is 4.18. The first-order chi connectivity index (χ1) is 16.1. The summed E-state index contributed by atoms with van der Waals surface area (Å²) in [5.74, 6) is 1.37. The summed E-state index contributed by atoms with van der Waals surface area (Å²) in [5.41, 5.74) is 1.78. The minimum Gasteiger partial charge on any atom is -0.497 e. The Labute approximate surface area is 193 Å². The van der Waals surface area contributed by atoms with Gasteiger partial charge in [-0.15, -0.1) is 0 Å². The quantitative estimate of drug-likeness (QED) is 0.471. The maximum atomic E-state index is 13.2. The SMILES string of the molecule is COc1ccc(C(=O)N(CCCNC(=O)c2ccc(OC)cc2OC)c2ccccc2)cc1. The van der Waals surface area contributed by atoms with Crippen LogP contribution in [0.5, 0.6) is 17.2 Å². The highest BCUT2D eigenvalue weighted by atomic mass is 16.5. The van der Waals surface area contributed by atoms with Gasteiger partial charge >= 0.3 is 0 Å². The van der Waals surface area contributed by atoms with Crippen LogP contribution in [0.2, 0.25) is 0 Å².